The van der Waals surface area contributed by atoms with Gasteiger partial charge >= 0.3 is 0 Å². The number of aliphatic imine (C=N–C) groups is 1. The molecule has 0 bridgehead atoms. The van der Waals surface area contributed by atoms with Gasteiger partial charge in [0.05, 0.1) is 0 Å². The summed E-state index contributed by atoms with van der Waals surface area (Å²) in [5.74, 6) is 0.0492. The van der Waals surface area contributed by atoms with Gasteiger partial charge in [0.25, 0.3) is 0 Å². The maximum absolute atomic E-state index is 12.1. The number of Topliss-reactive ketones (excluding diaryl/α,β-unsaturated/α-hetero) is 1. The lowest BCUT2D eigenvalue weighted by atomic mass is 10.00. The summed E-state index contributed by atoms with van der Waals surface area (Å²) in [7, 11) is 0. The molecule has 2 aromatic carbocycles. The third-order valence-electron chi connectivity index (χ3n) is 2.93. The number of ketones is 1. The molecule has 2 nitrogen and oxygen atoms in total. The molecule has 19 heavy (non-hydrogen) atoms. The van der Waals surface area contributed by atoms with Crippen LogP contribution in [0.15, 0.2) is 65.7 Å². The van der Waals surface area contributed by atoms with Gasteiger partial charge in [-0.05, 0) is 5.56 Å². The number of hydrogen-bond acceptors (Lipinski definition) is 2. The van der Waals surface area contributed by atoms with Crippen molar-refractivity contribution in [2.75, 3.05) is 6.54 Å². The van der Waals surface area contributed by atoms with Gasteiger partial charge in [-0.3, -0.25) is 9.79 Å². The zero-order valence-electron chi connectivity index (χ0n) is 11.0. The van der Waals surface area contributed by atoms with E-state index in [1.165, 1.54) is 0 Å². The SMILES string of the molecule is CC(CN=Cc1ccccc1)C(=O)c1ccccc1. The normalized spacial score (nSPS) is 12.5. The van der Waals surface area contributed by atoms with Gasteiger partial charge in [-0.1, -0.05) is 67.6 Å². The lowest BCUT2D eigenvalue weighted by Gasteiger charge is -2.07. The third-order valence-corrected chi connectivity index (χ3v) is 2.93. The fourth-order valence-corrected chi connectivity index (χ4v) is 1.83. The molecule has 0 amide bonds. The van der Waals surface area contributed by atoms with Crippen molar-refractivity contribution in [1.29, 1.82) is 0 Å². The maximum Gasteiger partial charge on any atom is 0.167 e. The topological polar surface area (TPSA) is 29.4 Å². The molecular formula is C17H17NO. The quantitative estimate of drug-likeness (QED) is 0.589. The summed E-state index contributed by atoms with van der Waals surface area (Å²) < 4.78 is 0. The summed E-state index contributed by atoms with van der Waals surface area (Å²) in [6.45, 7) is 2.43. The zero-order chi connectivity index (χ0) is 13.5. The van der Waals surface area contributed by atoms with Gasteiger partial charge in [-0.2, -0.15) is 0 Å². The van der Waals surface area contributed by atoms with Crippen LogP contribution < -0.4 is 0 Å². The van der Waals surface area contributed by atoms with E-state index >= 15 is 0 Å². The van der Waals surface area contributed by atoms with Crippen LogP contribution in [0.5, 0.6) is 0 Å². The molecule has 96 valence electrons. The standard InChI is InChI=1S/C17H17NO/c1-14(17(19)16-10-6-3-7-11-16)12-18-13-15-8-4-2-5-9-15/h2-11,13-14H,12H2,1H3. The van der Waals surface area contributed by atoms with Gasteiger partial charge in [-0.25, -0.2) is 0 Å². The molecule has 0 N–H and O–H groups in total. The first-order chi connectivity index (χ1) is 9.27. The van der Waals surface area contributed by atoms with E-state index in [4.69, 9.17) is 0 Å². The number of nitrogens with zero attached hydrogens (tertiary/aromatic N) is 1. The summed E-state index contributed by atoms with van der Waals surface area (Å²) in [6.07, 6.45) is 1.81. The number of carbonyl (C=O) groups is 1. The molecule has 0 aromatic heterocycles. The summed E-state index contributed by atoms with van der Waals surface area (Å²) in [5.41, 5.74) is 1.81. The minimum absolute atomic E-state index is 0.0950. The molecule has 0 radical (unpaired) electrons. The first kappa shape index (κ1) is 13.2. The molecule has 0 aliphatic heterocycles. The Kier molecular flexibility index (Phi) is 4.62. The van der Waals surface area contributed by atoms with E-state index in [-0.39, 0.29) is 11.7 Å². The average molecular weight is 251 g/mol. The molecule has 2 heteroatoms. The number of carbonyl (C=O) groups excluding carboxylic acids is 1. The fourth-order valence-electron chi connectivity index (χ4n) is 1.83. The van der Waals surface area contributed by atoms with Crippen LogP contribution in [0.2, 0.25) is 0 Å². The van der Waals surface area contributed by atoms with Crippen molar-refractivity contribution in [3.63, 3.8) is 0 Å². The fraction of sp³-hybridized carbons (Fsp3) is 0.176. The van der Waals surface area contributed by atoms with Gasteiger partial charge in [0.2, 0.25) is 0 Å². The number of rotatable bonds is 5. The van der Waals surface area contributed by atoms with Crippen molar-refractivity contribution >= 4 is 12.0 Å². The Bertz CT molecular complexity index is 546. The van der Waals surface area contributed by atoms with Crippen LogP contribution in [0, 0.1) is 5.92 Å². The maximum atomic E-state index is 12.1. The van der Waals surface area contributed by atoms with E-state index in [0.29, 0.717) is 6.54 Å². The van der Waals surface area contributed by atoms with Gasteiger partial charge in [0, 0.05) is 24.2 Å². The molecule has 0 saturated carbocycles. The van der Waals surface area contributed by atoms with Crippen LogP contribution in [-0.2, 0) is 0 Å². The van der Waals surface area contributed by atoms with Crippen LogP contribution >= 0.6 is 0 Å². The van der Waals surface area contributed by atoms with Crippen LogP contribution in [0.25, 0.3) is 0 Å². The van der Waals surface area contributed by atoms with Crippen molar-refractivity contribution in [2.24, 2.45) is 10.9 Å². The zero-order valence-corrected chi connectivity index (χ0v) is 11.0. The molecule has 1 unspecified atom stereocenters. The predicted molar refractivity (Wildman–Crippen MR) is 78.8 cm³/mol. The number of hydrogen-bond donors (Lipinski definition) is 0. The molecule has 2 rings (SSSR count). The van der Waals surface area contributed by atoms with Crippen LogP contribution in [-0.4, -0.2) is 18.5 Å². The monoisotopic (exact) mass is 251 g/mol. The minimum Gasteiger partial charge on any atom is -0.294 e. The molecule has 2 aromatic rings. The lowest BCUT2D eigenvalue weighted by molar-refractivity contribution is 0.0934. The molecule has 0 heterocycles. The first-order valence-electron chi connectivity index (χ1n) is 6.41. The van der Waals surface area contributed by atoms with Crippen LogP contribution in [0.4, 0.5) is 0 Å². The van der Waals surface area contributed by atoms with E-state index in [1.807, 2.05) is 73.8 Å². The van der Waals surface area contributed by atoms with Crippen molar-refractivity contribution in [1.82, 2.24) is 0 Å². The second-order valence-corrected chi connectivity index (χ2v) is 4.54. The first-order valence-corrected chi connectivity index (χ1v) is 6.41. The highest BCUT2D eigenvalue weighted by Gasteiger charge is 2.13. The van der Waals surface area contributed by atoms with E-state index in [1.54, 1.807) is 0 Å². The Hall–Kier alpha value is -2.22. The van der Waals surface area contributed by atoms with E-state index in [2.05, 4.69) is 4.99 Å². The summed E-state index contributed by atoms with van der Waals surface area (Å²) >= 11 is 0. The second kappa shape index (κ2) is 6.64. The lowest BCUT2D eigenvalue weighted by Crippen LogP contribution is -2.14. The van der Waals surface area contributed by atoms with Crippen molar-refractivity contribution in [2.45, 2.75) is 6.92 Å². The van der Waals surface area contributed by atoms with Crippen LogP contribution in [0.3, 0.4) is 0 Å². The van der Waals surface area contributed by atoms with Gasteiger partial charge < -0.3 is 0 Å². The van der Waals surface area contributed by atoms with Crippen molar-refractivity contribution in [3.8, 4) is 0 Å². The highest BCUT2D eigenvalue weighted by atomic mass is 16.1. The summed E-state index contributed by atoms with van der Waals surface area (Å²) in [6, 6.07) is 19.3. The average Bonchev–Trinajstić information content (AvgIpc) is 2.48. The molecule has 1 atom stereocenters. The smallest absolute Gasteiger partial charge is 0.167 e. The molecule has 0 spiro atoms. The largest absolute Gasteiger partial charge is 0.294 e. The Labute approximate surface area is 113 Å². The molecule has 0 saturated heterocycles. The molecule has 0 aliphatic carbocycles. The third kappa shape index (κ3) is 3.88. The van der Waals surface area contributed by atoms with Gasteiger partial charge in [0.15, 0.2) is 5.78 Å². The van der Waals surface area contributed by atoms with Crippen LogP contribution in [0.1, 0.15) is 22.8 Å². The van der Waals surface area contributed by atoms with Gasteiger partial charge in [0.1, 0.15) is 0 Å². The number of benzene rings is 2. The molecule has 0 fully saturated rings. The van der Waals surface area contributed by atoms with Gasteiger partial charge in [-0.15, -0.1) is 0 Å². The van der Waals surface area contributed by atoms with Crippen molar-refractivity contribution in [3.05, 3.63) is 71.8 Å². The highest BCUT2D eigenvalue weighted by Crippen LogP contribution is 2.09. The van der Waals surface area contributed by atoms with Crippen molar-refractivity contribution < 1.29 is 4.79 Å². The Balaban J connectivity index is 1.93. The highest BCUT2D eigenvalue weighted by molar-refractivity contribution is 5.97. The Morgan fingerprint density at radius 3 is 2.26 bits per heavy atom. The molecular weight excluding hydrogens is 234 g/mol. The minimum atomic E-state index is -0.0950. The predicted octanol–water partition coefficient (Wildman–Crippen LogP) is 3.62. The Morgan fingerprint density at radius 2 is 1.63 bits per heavy atom. The van der Waals surface area contributed by atoms with E-state index in [9.17, 15) is 4.79 Å². The van der Waals surface area contributed by atoms with E-state index < -0.39 is 0 Å². The molecule has 0 aliphatic rings. The summed E-state index contributed by atoms with van der Waals surface area (Å²) in [5, 5.41) is 0. The Morgan fingerprint density at radius 1 is 1.05 bits per heavy atom. The summed E-state index contributed by atoms with van der Waals surface area (Å²) in [4.78, 5) is 16.5. The van der Waals surface area contributed by atoms with E-state index in [0.717, 1.165) is 11.1 Å². The second-order valence-electron chi connectivity index (χ2n) is 4.54.